The Hall–Kier alpha value is -3.09. The van der Waals surface area contributed by atoms with Crippen LogP contribution in [0.4, 0.5) is 0 Å². The van der Waals surface area contributed by atoms with E-state index in [1.807, 2.05) is 30.3 Å². The largest absolute Gasteiger partial charge is 0.477 e. The topological polar surface area (TPSA) is 84.4 Å². The second-order valence-corrected chi connectivity index (χ2v) is 6.44. The molecule has 0 radical (unpaired) electrons. The first-order valence-electron chi connectivity index (χ1n) is 8.16. The van der Waals surface area contributed by atoms with Crippen LogP contribution in [0.1, 0.15) is 16.1 Å². The summed E-state index contributed by atoms with van der Waals surface area (Å²) in [6, 6.07) is 12.7. The van der Waals surface area contributed by atoms with E-state index in [4.69, 9.17) is 21.1 Å². The van der Waals surface area contributed by atoms with Crippen LogP contribution in [-0.2, 0) is 11.3 Å². The molecule has 0 aliphatic carbocycles. The van der Waals surface area contributed by atoms with Gasteiger partial charge in [-0.1, -0.05) is 17.7 Å². The predicted octanol–water partition coefficient (Wildman–Crippen LogP) is 5.01. The van der Waals surface area contributed by atoms with Crippen molar-refractivity contribution >= 4 is 39.4 Å². The smallest absolute Gasteiger partial charge is 0.354 e. The molecular weight excluding hydrogens is 368 g/mol. The maximum absolute atomic E-state index is 11.6. The summed E-state index contributed by atoms with van der Waals surface area (Å²) in [4.78, 5) is 18.9. The number of hydrogen-bond donors (Lipinski definition) is 2. The molecule has 0 saturated heterocycles. The lowest BCUT2D eigenvalue weighted by Gasteiger charge is -2.08. The van der Waals surface area contributed by atoms with Gasteiger partial charge in [-0.15, -0.1) is 0 Å². The normalized spacial score (nSPS) is 11.2. The van der Waals surface area contributed by atoms with E-state index in [1.165, 1.54) is 13.3 Å². The number of aromatic amines is 1. The van der Waals surface area contributed by atoms with Gasteiger partial charge in [0.15, 0.2) is 5.69 Å². The molecule has 6 nitrogen and oxygen atoms in total. The van der Waals surface area contributed by atoms with Crippen LogP contribution in [0.15, 0.2) is 48.7 Å². The number of rotatable bonds is 5. The van der Waals surface area contributed by atoms with Crippen LogP contribution in [0.3, 0.4) is 0 Å². The lowest BCUT2D eigenvalue weighted by atomic mass is 10.1. The van der Waals surface area contributed by atoms with Gasteiger partial charge in [-0.05, 0) is 36.4 Å². The molecule has 2 aromatic carbocycles. The Kier molecular flexibility index (Phi) is 4.43. The summed E-state index contributed by atoms with van der Waals surface area (Å²) in [5, 5.41) is 11.6. The zero-order chi connectivity index (χ0) is 19.0. The number of nitrogens with zero attached hydrogens (tertiary/aromatic N) is 1. The van der Waals surface area contributed by atoms with Gasteiger partial charge >= 0.3 is 5.97 Å². The lowest BCUT2D eigenvalue weighted by Crippen LogP contribution is -2.07. The Morgan fingerprint density at radius 1 is 1.19 bits per heavy atom. The molecule has 0 atom stereocenters. The summed E-state index contributed by atoms with van der Waals surface area (Å²) in [5.41, 5.74) is 2.09. The lowest BCUT2D eigenvalue weighted by molar-refractivity contribution is 0.0685. The maximum Gasteiger partial charge on any atom is 0.354 e. The average molecular weight is 383 g/mol. The van der Waals surface area contributed by atoms with Crippen molar-refractivity contribution < 1.29 is 19.4 Å². The van der Waals surface area contributed by atoms with Gasteiger partial charge in [-0.2, -0.15) is 0 Å². The molecule has 7 heteroatoms. The molecule has 0 saturated carbocycles. The second kappa shape index (κ2) is 6.90. The molecular formula is C20H15ClN2O4. The summed E-state index contributed by atoms with van der Waals surface area (Å²) >= 11 is 6.01. The number of carboxylic acids is 1. The second-order valence-electron chi connectivity index (χ2n) is 6.00. The first-order valence-corrected chi connectivity index (χ1v) is 8.53. The van der Waals surface area contributed by atoms with Crippen molar-refractivity contribution in [3.8, 4) is 11.5 Å². The summed E-state index contributed by atoms with van der Waals surface area (Å²) in [6.07, 6.45) is 1.52. The molecule has 0 aliphatic heterocycles. The standard InChI is InChI=1S/C20H15ClN2O4/c1-26-10-15-18-14-8-13(27-12-4-2-3-11(21)7-12)5-6-16(14)23-17(18)9-22-19(15)20(24)25/h2-9,23H,10H2,1H3,(H,24,25). The number of nitrogens with one attached hydrogen (secondary N) is 1. The van der Waals surface area contributed by atoms with Crippen LogP contribution >= 0.6 is 11.6 Å². The van der Waals surface area contributed by atoms with Crippen molar-refractivity contribution in [1.82, 2.24) is 9.97 Å². The minimum Gasteiger partial charge on any atom is -0.477 e. The van der Waals surface area contributed by atoms with E-state index in [0.717, 1.165) is 21.8 Å². The molecule has 4 rings (SSSR count). The zero-order valence-electron chi connectivity index (χ0n) is 14.3. The van der Waals surface area contributed by atoms with Gasteiger partial charge in [-0.25, -0.2) is 9.78 Å². The van der Waals surface area contributed by atoms with E-state index in [2.05, 4.69) is 9.97 Å². The molecule has 0 unspecified atom stereocenters. The van der Waals surface area contributed by atoms with E-state index in [0.29, 0.717) is 22.1 Å². The zero-order valence-corrected chi connectivity index (χ0v) is 15.1. The number of hydrogen-bond acceptors (Lipinski definition) is 4. The molecule has 2 heterocycles. The van der Waals surface area contributed by atoms with E-state index >= 15 is 0 Å². The third-order valence-corrected chi connectivity index (χ3v) is 4.47. The van der Waals surface area contributed by atoms with Crippen molar-refractivity contribution in [2.24, 2.45) is 0 Å². The Balaban J connectivity index is 1.89. The maximum atomic E-state index is 11.6. The molecule has 0 spiro atoms. The number of methoxy groups -OCH3 is 1. The SMILES string of the molecule is COCc1c(C(=O)O)ncc2[nH]c3ccc(Oc4cccc(Cl)c4)cc3c12. The third-order valence-electron chi connectivity index (χ3n) is 4.23. The predicted molar refractivity (Wildman–Crippen MR) is 103 cm³/mol. The summed E-state index contributed by atoms with van der Waals surface area (Å²) < 4.78 is 11.1. The van der Waals surface area contributed by atoms with Crippen LogP contribution in [0.2, 0.25) is 5.02 Å². The van der Waals surface area contributed by atoms with Crippen molar-refractivity contribution in [3.63, 3.8) is 0 Å². The number of carboxylic acid groups (broad SMARTS) is 1. The number of H-pyrrole nitrogens is 1. The number of ether oxygens (including phenoxy) is 2. The molecule has 2 N–H and O–H groups in total. The van der Waals surface area contributed by atoms with Crippen LogP contribution in [0.5, 0.6) is 11.5 Å². The first kappa shape index (κ1) is 17.3. The minimum atomic E-state index is -1.09. The van der Waals surface area contributed by atoms with Gasteiger partial charge < -0.3 is 19.6 Å². The quantitative estimate of drug-likeness (QED) is 0.507. The number of fused-ring (bicyclic) bond motifs is 3. The number of carbonyl (C=O) groups is 1. The van der Waals surface area contributed by atoms with E-state index < -0.39 is 5.97 Å². The number of halogens is 1. The molecule has 0 fully saturated rings. The van der Waals surface area contributed by atoms with Gasteiger partial charge in [0.05, 0.1) is 18.3 Å². The fourth-order valence-electron chi connectivity index (χ4n) is 3.14. The van der Waals surface area contributed by atoms with Gasteiger partial charge in [0.2, 0.25) is 0 Å². The highest BCUT2D eigenvalue weighted by Crippen LogP contribution is 2.34. The van der Waals surface area contributed by atoms with Gasteiger partial charge in [0, 0.05) is 34.0 Å². The molecule has 4 aromatic rings. The molecule has 27 heavy (non-hydrogen) atoms. The summed E-state index contributed by atoms with van der Waals surface area (Å²) in [7, 11) is 1.52. The van der Waals surface area contributed by atoms with E-state index in [9.17, 15) is 9.90 Å². The van der Waals surface area contributed by atoms with Crippen molar-refractivity contribution in [3.05, 3.63) is 64.9 Å². The monoisotopic (exact) mass is 382 g/mol. The molecule has 0 aliphatic rings. The fraction of sp³-hybridized carbons (Fsp3) is 0.100. The Morgan fingerprint density at radius 2 is 2.00 bits per heavy atom. The molecule has 0 bridgehead atoms. The first-order chi connectivity index (χ1) is 13.1. The van der Waals surface area contributed by atoms with Crippen LogP contribution in [0.25, 0.3) is 21.8 Å². The van der Waals surface area contributed by atoms with Crippen molar-refractivity contribution in [2.45, 2.75) is 6.61 Å². The van der Waals surface area contributed by atoms with E-state index in [-0.39, 0.29) is 12.3 Å². The number of aromatic nitrogens is 2. The number of pyridine rings is 1. The van der Waals surface area contributed by atoms with Gasteiger partial charge in [-0.3, -0.25) is 0 Å². The average Bonchev–Trinajstić information content (AvgIpc) is 3.00. The van der Waals surface area contributed by atoms with E-state index in [1.54, 1.807) is 12.1 Å². The minimum absolute atomic E-state index is 0.0218. The highest BCUT2D eigenvalue weighted by Gasteiger charge is 2.19. The van der Waals surface area contributed by atoms with Crippen molar-refractivity contribution in [2.75, 3.05) is 7.11 Å². The van der Waals surface area contributed by atoms with Crippen LogP contribution in [0, 0.1) is 0 Å². The van der Waals surface area contributed by atoms with Gasteiger partial charge in [0.25, 0.3) is 0 Å². The fourth-order valence-corrected chi connectivity index (χ4v) is 3.32. The Labute approximate surface area is 159 Å². The van der Waals surface area contributed by atoms with Crippen LogP contribution < -0.4 is 4.74 Å². The highest BCUT2D eigenvalue weighted by atomic mass is 35.5. The highest BCUT2D eigenvalue weighted by molar-refractivity contribution is 6.30. The molecule has 2 aromatic heterocycles. The van der Waals surface area contributed by atoms with Crippen molar-refractivity contribution in [1.29, 1.82) is 0 Å². The number of benzene rings is 2. The molecule has 0 amide bonds. The Morgan fingerprint density at radius 3 is 2.74 bits per heavy atom. The summed E-state index contributed by atoms with van der Waals surface area (Å²) in [5.74, 6) is 0.138. The van der Waals surface area contributed by atoms with Crippen LogP contribution in [-0.4, -0.2) is 28.2 Å². The summed E-state index contributed by atoms with van der Waals surface area (Å²) in [6.45, 7) is 0.137. The third kappa shape index (κ3) is 3.20. The number of aromatic carboxylic acids is 1. The van der Waals surface area contributed by atoms with Gasteiger partial charge in [0.1, 0.15) is 11.5 Å². The Bertz CT molecular complexity index is 1170. The molecule has 136 valence electrons.